The summed E-state index contributed by atoms with van der Waals surface area (Å²) in [5.74, 6) is -8.85. The molecule has 26 heteroatoms. The third-order valence-electron chi connectivity index (χ3n) is 15.2. The number of carbonyl (C=O) groups excluding carboxylic acids is 3. The van der Waals surface area contributed by atoms with Crippen LogP contribution in [-0.4, -0.2) is 173 Å². The van der Waals surface area contributed by atoms with E-state index < -0.39 is 143 Å². The highest BCUT2D eigenvalue weighted by Gasteiger charge is 2.88. The normalized spacial score (nSPS) is 37.6. The third kappa shape index (κ3) is 7.10. The summed E-state index contributed by atoms with van der Waals surface area (Å²) in [5, 5.41) is 72.3. The first kappa shape index (κ1) is 51.0. The molecule has 0 amide bonds. The molecule has 5 aliphatic heterocycles. The quantitative estimate of drug-likeness (QED) is 0.0675. The maximum Gasteiger partial charge on any atom is 0.303 e. The number of imidazole rings is 1. The molecule has 26 nitrogen and oxygen atoms in total. The van der Waals surface area contributed by atoms with Crippen LogP contribution < -0.4 is 20.8 Å². The number of aliphatic hydroxyl groups excluding tert-OH is 2. The Morgan fingerprint density at radius 1 is 1.03 bits per heavy atom. The van der Waals surface area contributed by atoms with E-state index in [-0.39, 0.29) is 63.4 Å². The summed E-state index contributed by atoms with van der Waals surface area (Å²) in [6, 6.07) is 1.62. The first-order chi connectivity index (χ1) is 34.3. The summed E-state index contributed by atoms with van der Waals surface area (Å²) >= 11 is 0. The predicted molar refractivity (Wildman–Crippen MR) is 243 cm³/mol. The van der Waals surface area contributed by atoms with Crippen LogP contribution in [0.4, 0.5) is 5.95 Å². The second kappa shape index (κ2) is 17.3. The van der Waals surface area contributed by atoms with Gasteiger partial charge in [0.25, 0.3) is 17.1 Å². The zero-order valence-corrected chi connectivity index (χ0v) is 41.1. The molecule has 0 spiro atoms. The van der Waals surface area contributed by atoms with Gasteiger partial charge in [0.1, 0.15) is 35.1 Å². The number of nitrogen functional groups attached to an aromatic ring is 1. The number of aliphatic hydroxyl groups is 5. The number of ketones is 2. The lowest BCUT2D eigenvalue weighted by atomic mass is 9.74. The van der Waals surface area contributed by atoms with Crippen LogP contribution in [0.25, 0.3) is 21.9 Å². The molecule has 2 aromatic carbocycles. The molecule has 6 aliphatic rings. The number of aromatic amines is 1. The number of fused-ring (bicyclic) bond motifs is 7. The summed E-state index contributed by atoms with van der Waals surface area (Å²) in [4.78, 5) is 63.4. The van der Waals surface area contributed by atoms with Gasteiger partial charge in [-0.3, -0.25) is 24.2 Å². The largest absolute Gasteiger partial charge is 0.506 e. The second-order valence-electron chi connectivity index (χ2n) is 19.8. The Labute approximate surface area is 414 Å². The highest BCUT2D eigenvalue weighted by atomic mass is 16.9. The van der Waals surface area contributed by atoms with E-state index >= 15 is 0 Å². The number of ether oxygens (including phenoxy) is 11. The van der Waals surface area contributed by atoms with Gasteiger partial charge in [0, 0.05) is 56.9 Å². The van der Waals surface area contributed by atoms with Gasteiger partial charge < -0.3 is 93.0 Å². The molecule has 4 fully saturated rings. The molecule has 15 atom stereocenters. The number of nitrogens with two attached hydrogens (primary N) is 1. The van der Waals surface area contributed by atoms with E-state index in [1.54, 1.807) is 19.9 Å². The number of anilines is 1. The Hall–Kier alpha value is -5.46. The number of Topliss-reactive ketones (excluding diaryl/α,β-unsaturated/α-hetero) is 2. The predicted octanol–water partition coefficient (Wildman–Crippen LogP) is -0.162. The fourth-order valence-corrected chi connectivity index (χ4v) is 12.0. The van der Waals surface area contributed by atoms with E-state index in [0.717, 1.165) is 6.92 Å². The third-order valence-corrected chi connectivity index (χ3v) is 15.2. The molecule has 0 radical (unpaired) electrons. The zero-order valence-electron chi connectivity index (χ0n) is 41.1. The highest BCUT2D eigenvalue weighted by Crippen LogP contribution is 2.69. The number of nitrogens with zero attached hydrogens (tertiary/aromatic N) is 3. The van der Waals surface area contributed by atoms with Crippen LogP contribution in [0.15, 0.2) is 17.2 Å². The summed E-state index contributed by atoms with van der Waals surface area (Å²) in [5.41, 5.74) is -1.95. The molecule has 4 aromatic rings. The molecular formula is C47H57N5O21. The minimum Gasteiger partial charge on any atom is -0.506 e. The number of carbonyl (C=O) groups is 3. The number of hydrogen-bond donors (Lipinski definition) is 8. The van der Waals surface area contributed by atoms with E-state index in [9.17, 15) is 49.8 Å². The van der Waals surface area contributed by atoms with Crippen molar-refractivity contribution in [2.24, 2.45) is 0 Å². The Morgan fingerprint density at radius 2 is 1.74 bits per heavy atom. The van der Waals surface area contributed by atoms with Gasteiger partial charge in [0.2, 0.25) is 17.8 Å². The molecule has 396 valence electrons. The van der Waals surface area contributed by atoms with Crippen LogP contribution in [0.1, 0.15) is 93.1 Å². The van der Waals surface area contributed by atoms with Crippen LogP contribution in [0, 0.1) is 6.92 Å². The van der Waals surface area contributed by atoms with Crippen molar-refractivity contribution < 1.29 is 97.1 Å². The van der Waals surface area contributed by atoms with Crippen LogP contribution in [0.5, 0.6) is 17.2 Å². The van der Waals surface area contributed by atoms with E-state index in [1.165, 1.54) is 53.0 Å². The van der Waals surface area contributed by atoms with Crippen molar-refractivity contribution in [1.82, 2.24) is 19.5 Å². The molecule has 2 bridgehead atoms. The van der Waals surface area contributed by atoms with Gasteiger partial charge in [-0.25, -0.2) is 4.98 Å². The van der Waals surface area contributed by atoms with Crippen LogP contribution in [0.3, 0.4) is 0 Å². The Morgan fingerprint density at radius 3 is 2.37 bits per heavy atom. The minimum absolute atomic E-state index is 0.00504. The maximum atomic E-state index is 14.3. The number of benzene rings is 2. The lowest BCUT2D eigenvalue weighted by Gasteiger charge is -2.56. The summed E-state index contributed by atoms with van der Waals surface area (Å²) in [6.07, 6.45) is -15.6. The second-order valence-corrected chi connectivity index (χ2v) is 19.8. The first-order valence-corrected chi connectivity index (χ1v) is 23.4. The fraction of sp³-hybridized carbons (Fsp3) is 0.617. The Balaban J connectivity index is 1.18. The van der Waals surface area contributed by atoms with Gasteiger partial charge in [-0.1, -0.05) is 0 Å². The van der Waals surface area contributed by atoms with Crippen molar-refractivity contribution >= 4 is 45.4 Å². The van der Waals surface area contributed by atoms with E-state index in [4.69, 9.17) is 57.8 Å². The molecular weight excluding hydrogens is 971 g/mol. The number of aryl methyl sites for hydroxylation is 1. The smallest absolute Gasteiger partial charge is 0.303 e. The van der Waals surface area contributed by atoms with Crippen molar-refractivity contribution in [2.45, 2.75) is 163 Å². The number of hydrogen-bond acceptors (Lipinski definition) is 24. The summed E-state index contributed by atoms with van der Waals surface area (Å²) in [6.45, 7) is 7.53. The standard InChI is InChI=1S/C47H57N5O21/c1-16-10-21-28(33(58)30-29(34(21)63-7)23(11-22(55)32(30)57)69-26-13-43(6,60)37(17(2)66-26)68-20(5)54)35-27(16)36-38-46(71-35,70-25-12-24(56)45(62,18(3)53)19(4)67-25)44(61,47(72-36,73-38)41(64-8)65-9)14-52-15-49-39-31(52)40(59)51-42(48)50-39/h10,15,17,19,22-26,36-38,41,55-56,58,60-62H,11-14H2,1-9H3,(H3,48,50,51,59)/t17?,19?,22?,23?,24?,25-,26-,36-,37+,38-,43?,44-,45+,46+,47-/m0/s1. The van der Waals surface area contributed by atoms with Crippen LogP contribution >= 0.6 is 0 Å². The molecule has 0 saturated carbocycles. The lowest BCUT2D eigenvalue weighted by Crippen LogP contribution is -2.78. The molecule has 6 unspecified atom stereocenters. The highest BCUT2D eigenvalue weighted by molar-refractivity contribution is 6.13. The number of aromatic nitrogens is 4. The van der Waals surface area contributed by atoms with Gasteiger partial charge in [-0.15, -0.1) is 0 Å². The Kier molecular flexibility index (Phi) is 12.1. The SMILES string of the molecule is COc1c2c(c(O)c3c4c(c(C)cc13)[C@@H]1O[C@@]3(C(OC)OC)O[C@@H]1[C@@](O[C@H]1CC(O)[C@@](O)(C(C)=O)C(C)O1)(O4)[C@@]3(O)Cn1cnc3nc(N)[nH]c(=O)c31)C(=O)C(O)CC2O[C@H]1CC(C)(O)[C@H](OC(C)=O)C(C)O1. The summed E-state index contributed by atoms with van der Waals surface area (Å²) in [7, 11) is 3.79. The van der Waals surface area contributed by atoms with Crippen molar-refractivity contribution in [3.8, 4) is 17.2 Å². The summed E-state index contributed by atoms with van der Waals surface area (Å²) < 4.78 is 70.4. The number of methoxy groups -OCH3 is 3. The van der Waals surface area contributed by atoms with Crippen molar-refractivity contribution in [3.63, 3.8) is 0 Å². The van der Waals surface area contributed by atoms with Gasteiger partial charge in [0.15, 0.2) is 53.1 Å². The van der Waals surface area contributed by atoms with Crippen molar-refractivity contribution in [3.05, 3.63) is 45.0 Å². The van der Waals surface area contributed by atoms with E-state index in [1.807, 2.05) is 0 Å². The number of esters is 1. The lowest BCUT2D eigenvalue weighted by molar-refractivity contribution is -0.427. The molecule has 73 heavy (non-hydrogen) atoms. The zero-order chi connectivity index (χ0) is 52.8. The number of phenols is 1. The Bertz CT molecular complexity index is 3000. The number of phenolic OH excluding ortho intramolecular Hbond substituents is 1. The van der Waals surface area contributed by atoms with E-state index in [2.05, 4.69) is 15.0 Å². The van der Waals surface area contributed by atoms with Gasteiger partial charge in [0.05, 0.1) is 55.3 Å². The van der Waals surface area contributed by atoms with Crippen molar-refractivity contribution in [1.29, 1.82) is 0 Å². The molecule has 10 rings (SSSR count). The molecule has 1 aliphatic carbocycles. The average Bonchev–Trinajstić information content (AvgIpc) is 3.96. The van der Waals surface area contributed by atoms with Gasteiger partial charge >= 0.3 is 5.97 Å². The molecule has 2 aromatic heterocycles. The van der Waals surface area contributed by atoms with Crippen LogP contribution in [0.2, 0.25) is 0 Å². The van der Waals surface area contributed by atoms with Gasteiger partial charge in [-0.2, -0.15) is 4.98 Å². The van der Waals surface area contributed by atoms with Crippen LogP contribution in [-0.2, 0) is 58.8 Å². The average molecular weight is 1030 g/mol. The number of H-pyrrole nitrogens is 1. The van der Waals surface area contributed by atoms with Gasteiger partial charge in [-0.05, 0) is 46.2 Å². The number of aromatic hydroxyl groups is 1. The molecule has 4 saturated heterocycles. The topological polar surface area (TPSA) is 364 Å². The fourth-order valence-electron chi connectivity index (χ4n) is 12.0. The molecule has 9 N–H and O–H groups in total. The molecule has 7 heterocycles. The van der Waals surface area contributed by atoms with Crippen molar-refractivity contribution in [2.75, 3.05) is 27.1 Å². The minimum atomic E-state index is -2.83. The number of rotatable bonds is 12. The first-order valence-electron chi connectivity index (χ1n) is 23.4. The monoisotopic (exact) mass is 1030 g/mol. The maximum absolute atomic E-state index is 14.3. The number of nitrogens with one attached hydrogen (secondary N) is 1. The van der Waals surface area contributed by atoms with E-state index in [0.29, 0.717) is 5.56 Å².